The Morgan fingerprint density at radius 1 is 0.975 bits per heavy atom. The molecule has 0 spiro atoms. The molecule has 0 aliphatic rings. The lowest BCUT2D eigenvalue weighted by molar-refractivity contribution is -0.697. The monoisotopic (exact) mass is 628 g/mol. The van der Waals surface area contributed by atoms with Crippen molar-refractivity contribution < 1.29 is 62.1 Å². The summed E-state index contributed by atoms with van der Waals surface area (Å²) >= 11 is 0. The molecule has 0 saturated heterocycles. The zero-order chi connectivity index (χ0) is 30.9. The number of alkyl halides is 6. The molecule has 1 aromatic heterocycles. The fourth-order valence-electron chi connectivity index (χ4n) is 2.60. The van der Waals surface area contributed by atoms with E-state index in [4.69, 9.17) is 4.74 Å². The number of unbranched alkanes of at least 4 members (excludes halogenated alkanes) is 4. The lowest BCUT2D eigenvalue weighted by Gasteiger charge is -2.22. The molecular formula is C21H30F6N4O7S2. The SMILES string of the molecule is CCCCc1cc[n+](CCOC(=O)NCCCCCCN=C=O)cc1.O=S(=O)([N-]S(=O)(=O)C(F)(F)F)C(F)(F)F. The molecule has 1 amide bonds. The van der Waals surface area contributed by atoms with Crippen LogP contribution in [0, 0.1) is 0 Å². The molecule has 0 aliphatic carbocycles. The molecule has 0 unspecified atom stereocenters. The van der Waals surface area contributed by atoms with Crippen molar-refractivity contribution in [2.45, 2.75) is 69.4 Å². The number of nitrogens with zero attached hydrogens (tertiary/aromatic N) is 3. The van der Waals surface area contributed by atoms with E-state index in [-0.39, 0.29) is 6.09 Å². The van der Waals surface area contributed by atoms with Gasteiger partial charge >= 0.3 is 17.1 Å². The Hall–Kier alpha value is -2.76. The van der Waals surface area contributed by atoms with E-state index in [0.717, 1.165) is 36.2 Å². The molecule has 0 saturated carbocycles. The maximum atomic E-state index is 11.6. The highest BCUT2D eigenvalue weighted by Gasteiger charge is 2.46. The van der Waals surface area contributed by atoms with Gasteiger partial charge in [-0.3, -0.25) is 0 Å². The Kier molecular flexibility index (Phi) is 16.6. The van der Waals surface area contributed by atoms with E-state index in [0.29, 0.717) is 26.2 Å². The minimum absolute atomic E-state index is 0.356. The second kappa shape index (κ2) is 17.8. The molecule has 0 aromatic carbocycles. The fourth-order valence-corrected chi connectivity index (χ4v) is 4.31. The van der Waals surface area contributed by atoms with Crippen molar-refractivity contribution in [1.29, 1.82) is 0 Å². The van der Waals surface area contributed by atoms with E-state index in [9.17, 15) is 52.8 Å². The van der Waals surface area contributed by atoms with E-state index in [2.05, 4.69) is 29.4 Å². The highest BCUT2D eigenvalue weighted by atomic mass is 32.3. The molecule has 1 heterocycles. The van der Waals surface area contributed by atoms with E-state index < -0.39 is 31.1 Å². The molecule has 1 rings (SSSR count). The van der Waals surface area contributed by atoms with Gasteiger partial charge in [-0.05, 0) is 31.2 Å². The van der Waals surface area contributed by atoms with E-state index in [1.54, 1.807) is 0 Å². The second-order valence-electron chi connectivity index (χ2n) is 7.91. The van der Waals surface area contributed by atoms with E-state index >= 15 is 0 Å². The van der Waals surface area contributed by atoms with Crippen molar-refractivity contribution in [2.75, 3.05) is 19.7 Å². The Morgan fingerprint density at radius 2 is 1.52 bits per heavy atom. The molecule has 0 fully saturated rings. The summed E-state index contributed by atoms with van der Waals surface area (Å²) < 4.78 is 116. The number of alkyl carbamates (subject to hydrolysis) is 1. The summed E-state index contributed by atoms with van der Waals surface area (Å²) in [6.45, 7) is 4.34. The molecule has 19 heteroatoms. The number of aliphatic imine (C=N–C) groups is 1. The van der Waals surface area contributed by atoms with Crippen LogP contribution in [0.25, 0.3) is 4.13 Å². The Morgan fingerprint density at radius 3 is 2.02 bits per heavy atom. The van der Waals surface area contributed by atoms with Gasteiger partial charge < -0.3 is 14.2 Å². The van der Waals surface area contributed by atoms with Gasteiger partial charge in [0.15, 0.2) is 45.6 Å². The number of aryl methyl sites for hydroxylation is 1. The number of ether oxygens (including phenoxy) is 1. The zero-order valence-corrected chi connectivity index (χ0v) is 23.0. The number of aromatic nitrogens is 1. The lowest BCUT2D eigenvalue weighted by atomic mass is 10.1. The molecule has 0 radical (unpaired) electrons. The standard InChI is InChI=1S/C19H29N3O3.C2F6NO4S2/c1-2-3-8-18-9-13-22(14-10-18)15-16-25-19(24)21-12-7-5-4-6-11-20-17-23;3-1(4,5)14(10,11)9-15(12,13)2(6,7)8/h9-10,13-14H,2-8,11-12,15-16H2,1H3;/q;-1/p+1. The van der Waals surface area contributed by atoms with Gasteiger partial charge in [0.2, 0.25) is 6.08 Å². The van der Waals surface area contributed by atoms with Crippen LogP contribution in [0.2, 0.25) is 0 Å². The van der Waals surface area contributed by atoms with Crippen molar-refractivity contribution in [2.24, 2.45) is 4.99 Å². The normalized spacial score (nSPS) is 12.1. The number of nitrogens with one attached hydrogen (secondary N) is 1. The van der Waals surface area contributed by atoms with Crippen molar-refractivity contribution in [3.8, 4) is 0 Å². The average molecular weight is 629 g/mol. The molecular weight excluding hydrogens is 598 g/mol. The summed E-state index contributed by atoms with van der Waals surface area (Å²) in [6.07, 6.45) is 12.5. The zero-order valence-electron chi connectivity index (χ0n) is 21.4. The van der Waals surface area contributed by atoms with Crippen LogP contribution in [0.15, 0.2) is 29.5 Å². The molecule has 0 bridgehead atoms. The number of pyridine rings is 1. The first-order chi connectivity index (χ1) is 18.5. The van der Waals surface area contributed by atoms with Gasteiger partial charge in [0.05, 0.1) is 6.54 Å². The summed E-state index contributed by atoms with van der Waals surface area (Å²) in [4.78, 5) is 25.0. The van der Waals surface area contributed by atoms with Crippen molar-refractivity contribution in [3.05, 3.63) is 34.2 Å². The highest BCUT2D eigenvalue weighted by molar-refractivity contribution is 8.13. The van der Waals surface area contributed by atoms with Gasteiger partial charge in [-0.1, -0.05) is 26.2 Å². The molecule has 230 valence electrons. The number of halogens is 6. The number of hydrogen-bond acceptors (Lipinski definition) is 8. The number of isocyanates is 1. The Balaban J connectivity index is 0.000000868. The first-order valence-corrected chi connectivity index (χ1v) is 14.6. The van der Waals surface area contributed by atoms with Crippen LogP contribution in [-0.4, -0.2) is 59.7 Å². The smallest absolute Gasteiger partial charge is 0.443 e. The first-order valence-electron chi connectivity index (χ1n) is 11.8. The summed E-state index contributed by atoms with van der Waals surface area (Å²) in [6, 6.07) is 4.24. The van der Waals surface area contributed by atoms with E-state index in [1.807, 2.05) is 17.0 Å². The minimum atomic E-state index is -6.72. The van der Waals surface area contributed by atoms with Crippen LogP contribution in [0.5, 0.6) is 0 Å². The van der Waals surface area contributed by atoms with Crippen LogP contribution < -0.4 is 9.88 Å². The lowest BCUT2D eigenvalue weighted by Crippen LogP contribution is -2.37. The van der Waals surface area contributed by atoms with Crippen LogP contribution in [0.3, 0.4) is 0 Å². The largest absolute Gasteiger partial charge is 0.480 e. The van der Waals surface area contributed by atoms with Crippen molar-refractivity contribution >= 4 is 32.2 Å². The number of sulfonamides is 2. The van der Waals surface area contributed by atoms with Crippen LogP contribution >= 0.6 is 0 Å². The van der Waals surface area contributed by atoms with E-state index in [1.165, 1.54) is 24.5 Å². The van der Waals surface area contributed by atoms with Crippen LogP contribution in [0.1, 0.15) is 51.0 Å². The third-order valence-electron chi connectivity index (χ3n) is 4.67. The molecule has 0 aliphatic heterocycles. The number of hydrogen-bond donors (Lipinski definition) is 1. The topological polar surface area (TPSA) is 154 Å². The predicted octanol–water partition coefficient (Wildman–Crippen LogP) is 4.00. The molecule has 11 nitrogen and oxygen atoms in total. The van der Waals surface area contributed by atoms with Gasteiger partial charge in [0, 0.05) is 18.7 Å². The van der Waals surface area contributed by atoms with Gasteiger partial charge in [-0.25, -0.2) is 36.0 Å². The third-order valence-corrected chi connectivity index (χ3v) is 7.41. The first kappa shape index (κ1) is 37.2. The number of carbonyl (C=O) groups is 1. The maximum Gasteiger partial charge on any atom is 0.480 e. The molecule has 1 N–H and O–H groups in total. The third kappa shape index (κ3) is 15.7. The van der Waals surface area contributed by atoms with Gasteiger partial charge in [-0.2, -0.15) is 26.3 Å². The summed E-state index contributed by atoms with van der Waals surface area (Å²) in [5.74, 6) is 0. The quantitative estimate of drug-likeness (QED) is 0.101. The van der Waals surface area contributed by atoms with Gasteiger partial charge in [0.1, 0.15) is 0 Å². The van der Waals surface area contributed by atoms with Gasteiger partial charge in [0.25, 0.3) is 0 Å². The van der Waals surface area contributed by atoms with Crippen molar-refractivity contribution in [1.82, 2.24) is 5.32 Å². The average Bonchev–Trinajstić information content (AvgIpc) is 2.83. The maximum absolute atomic E-state index is 11.6. The van der Waals surface area contributed by atoms with Crippen LogP contribution in [-0.2, 0) is 42.5 Å². The highest BCUT2D eigenvalue weighted by Crippen LogP contribution is 2.36. The fraction of sp³-hybridized carbons (Fsp3) is 0.667. The predicted molar refractivity (Wildman–Crippen MR) is 129 cm³/mol. The number of amides is 1. The van der Waals surface area contributed by atoms with Crippen molar-refractivity contribution in [3.63, 3.8) is 0 Å². The Labute approximate surface area is 228 Å². The summed E-state index contributed by atoms with van der Waals surface area (Å²) in [5.41, 5.74) is -11.1. The second-order valence-corrected chi connectivity index (χ2v) is 11.3. The van der Waals surface area contributed by atoms with Gasteiger partial charge in [-0.15, -0.1) is 0 Å². The number of rotatable bonds is 15. The summed E-state index contributed by atoms with van der Waals surface area (Å²) in [5, 5.41) is 2.75. The molecule has 1 aromatic rings. The molecule has 0 atom stereocenters. The summed E-state index contributed by atoms with van der Waals surface area (Å²) in [7, 11) is -13.4. The van der Waals surface area contributed by atoms with Crippen LogP contribution in [0.4, 0.5) is 31.1 Å². The Bertz CT molecular complexity index is 1110. The minimum Gasteiger partial charge on any atom is -0.443 e. The molecule has 40 heavy (non-hydrogen) atoms. The number of carbonyl (C=O) groups excluding carboxylic acids is 2.